The number of hydrogen-bond donors (Lipinski definition) is 1. The Labute approximate surface area is 127 Å². The summed E-state index contributed by atoms with van der Waals surface area (Å²) in [6.07, 6.45) is 0. The molecule has 0 aromatic heterocycles. The number of fused-ring (bicyclic) bond motifs is 1. The van der Waals surface area contributed by atoms with E-state index in [9.17, 15) is 0 Å². The largest absolute Gasteiger partial charge is 0.329 e. The van der Waals surface area contributed by atoms with Crippen LogP contribution in [0, 0.1) is 0 Å². The molecule has 2 aromatic carbocycles. The molecule has 1 aliphatic rings. The van der Waals surface area contributed by atoms with E-state index >= 15 is 0 Å². The summed E-state index contributed by atoms with van der Waals surface area (Å²) in [4.78, 5) is 2.48. The van der Waals surface area contributed by atoms with Gasteiger partial charge in [0.05, 0.1) is 0 Å². The van der Waals surface area contributed by atoms with Crippen LogP contribution < -0.4 is 5.73 Å². The summed E-state index contributed by atoms with van der Waals surface area (Å²) in [5.74, 6) is 0.575. The lowest BCUT2D eigenvalue weighted by Crippen LogP contribution is -2.29. The number of hydrogen-bond acceptors (Lipinski definition) is 2. The zero-order chi connectivity index (χ0) is 14.8. The summed E-state index contributed by atoms with van der Waals surface area (Å²) in [7, 11) is 0. The van der Waals surface area contributed by atoms with Crippen molar-refractivity contribution in [2.75, 3.05) is 6.54 Å². The standard InChI is InChI=1S/C19H24N2/c1-14(2)15-7-9-16(10-8-15)19(11-20)21-12-17-5-3-4-6-18(17)13-21/h3-10,14,19H,11-13,20H2,1-2H3. The molecule has 2 aromatic rings. The third-order valence-electron chi connectivity index (χ3n) is 4.52. The van der Waals surface area contributed by atoms with Gasteiger partial charge in [-0.1, -0.05) is 62.4 Å². The van der Waals surface area contributed by atoms with Crippen LogP contribution in [0.1, 0.15) is 48.1 Å². The van der Waals surface area contributed by atoms with Crippen molar-refractivity contribution in [1.29, 1.82) is 0 Å². The van der Waals surface area contributed by atoms with Crippen molar-refractivity contribution in [3.8, 4) is 0 Å². The zero-order valence-corrected chi connectivity index (χ0v) is 12.9. The van der Waals surface area contributed by atoms with Crippen LogP contribution in [0.5, 0.6) is 0 Å². The van der Waals surface area contributed by atoms with Crippen molar-refractivity contribution in [1.82, 2.24) is 4.90 Å². The first kappa shape index (κ1) is 14.3. The van der Waals surface area contributed by atoms with Crippen LogP contribution in [-0.4, -0.2) is 11.4 Å². The smallest absolute Gasteiger partial charge is 0.0477 e. The van der Waals surface area contributed by atoms with Gasteiger partial charge in [-0.25, -0.2) is 0 Å². The molecule has 1 heterocycles. The highest BCUT2D eigenvalue weighted by molar-refractivity contribution is 5.32. The van der Waals surface area contributed by atoms with Gasteiger partial charge in [0.2, 0.25) is 0 Å². The van der Waals surface area contributed by atoms with Crippen molar-refractivity contribution in [3.05, 3.63) is 70.8 Å². The van der Waals surface area contributed by atoms with Crippen LogP contribution in [0.25, 0.3) is 0 Å². The first-order valence-electron chi connectivity index (χ1n) is 7.80. The third-order valence-corrected chi connectivity index (χ3v) is 4.52. The van der Waals surface area contributed by atoms with Gasteiger partial charge >= 0.3 is 0 Å². The minimum absolute atomic E-state index is 0.304. The summed E-state index contributed by atoms with van der Waals surface area (Å²) < 4.78 is 0. The van der Waals surface area contributed by atoms with Gasteiger partial charge in [0.15, 0.2) is 0 Å². The topological polar surface area (TPSA) is 29.3 Å². The van der Waals surface area contributed by atoms with E-state index in [1.807, 2.05) is 0 Å². The number of benzene rings is 2. The minimum Gasteiger partial charge on any atom is -0.329 e. The molecule has 0 saturated heterocycles. The van der Waals surface area contributed by atoms with Crippen LogP contribution >= 0.6 is 0 Å². The predicted molar refractivity (Wildman–Crippen MR) is 88.0 cm³/mol. The molecule has 0 amide bonds. The van der Waals surface area contributed by atoms with Crippen molar-refractivity contribution in [2.24, 2.45) is 5.73 Å². The molecule has 2 nitrogen and oxygen atoms in total. The predicted octanol–water partition coefficient (Wildman–Crippen LogP) is 3.83. The van der Waals surface area contributed by atoms with E-state index in [4.69, 9.17) is 5.73 Å². The Hall–Kier alpha value is -1.64. The normalized spacial score (nSPS) is 16.2. The van der Waals surface area contributed by atoms with E-state index < -0.39 is 0 Å². The van der Waals surface area contributed by atoms with Crippen LogP contribution in [0.15, 0.2) is 48.5 Å². The van der Waals surface area contributed by atoms with Gasteiger partial charge in [-0.2, -0.15) is 0 Å². The third kappa shape index (κ3) is 2.87. The van der Waals surface area contributed by atoms with Gasteiger partial charge in [0, 0.05) is 25.7 Å². The summed E-state index contributed by atoms with van der Waals surface area (Å²) in [5, 5.41) is 0. The Bertz CT molecular complexity index is 576. The molecule has 21 heavy (non-hydrogen) atoms. The monoisotopic (exact) mass is 280 g/mol. The zero-order valence-electron chi connectivity index (χ0n) is 12.9. The lowest BCUT2D eigenvalue weighted by molar-refractivity contribution is 0.205. The average Bonchev–Trinajstić information content (AvgIpc) is 2.92. The fourth-order valence-corrected chi connectivity index (χ4v) is 3.18. The van der Waals surface area contributed by atoms with Crippen molar-refractivity contribution in [2.45, 2.75) is 38.9 Å². The Balaban J connectivity index is 1.80. The first-order valence-corrected chi connectivity index (χ1v) is 7.80. The highest BCUT2D eigenvalue weighted by atomic mass is 15.2. The summed E-state index contributed by atoms with van der Waals surface area (Å²) in [5.41, 5.74) is 11.7. The Morgan fingerprint density at radius 2 is 1.43 bits per heavy atom. The lowest BCUT2D eigenvalue weighted by Gasteiger charge is -2.27. The molecule has 1 atom stereocenters. The molecule has 0 saturated carbocycles. The molecule has 1 aliphatic heterocycles. The van der Waals surface area contributed by atoms with E-state index in [0.717, 1.165) is 13.1 Å². The van der Waals surface area contributed by atoms with Gasteiger partial charge in [0.1, 0.15) is 0 Å². The molecule has 0 fully saturated rings. The van der Waals surface area contributed by atoms with E-state index in [1.165, 1.54) is 22.3 Å². The van der Waals surface area contributed by atoms with Crippen LogP contribution in [-0.2, 0) is 13.1 Å². The molecule has 1 unspecified atom stereocenters. The fraction of sp³-hybridized carbons (Fsp3) is 0.368. The second-order valence-electron chi connectivity index (χ2n) is 6.25. The van der Waals surface area contributed by atoms with Gasteiger partial charge in [-0.05, 0) is 28.2 Å². The number of rotatable bonds is 4. The molecule has 0 spiro atoms. The van der Waals surface area contributed by atoms with E-state index in [0.29, 0.717) is 18.5 Å². The first-order chi connectivity index (χ1) is 10.2. The number of nitrogens with zero attached hydrogens (tertiary/aromatic N) is 1. The van der Waals surface area contributed by atoms with Gasteiger partial charge in [-0.15, -0.1) is 0 Å². The van der Waals surface area contributed by atoms with Gasteiger partial charge in [-0.3, -0.25) is 4.90 Å². The quantitative estimate of drug-likeness (QED) is 0.922. The Morgan fingerprint density at radius 3 is 1.90 bits per heavy atom. The lowest BCUT2D eigenvalue weighted by atomic mass is 9.98. The number of nitrogens with two attached hydrogens (primary N) is 1. The molecule has 2 heteroatoms. The molecule has 110 valence electrons. The van der Waals surface area contributed by atoms with E-state index in [2.05, 4.69) is 67.3 Å². The van der Waals surface area contributed by atoms with E-state index in [-0.39, 0.29) is 0 Å². The molecule has 0 radical (unpaired) electrons. The van der Waals surface area contributed by atoms with Crippen LogP contribution in [0.3, 0.4) is 0 Å². The van der Waals surface area contributed by atoms with Crippen molar-refractivity contribution in [3.63, 3.8) is 0 Å². The second-order valence-corrected chi connectivity index (χ2v) is 6.25. The maximum absolute atomic E-state index is 6.08. The SMILES string of the molecule is CC(C)c1ccc(C(CN)N2Cc3ccccc3C2)cc1. The van der Waals surface area contributed by atoms with Crippen molar-refractivity contribution >= 4 is 0 Å². The van der Waals surface area contributed by atoms with Crippen molar-refractivity contribution < 1.29 is 0 Å². The minimum atomic E-state index is 0.304. The highest BCUT2D eigenvalue weighted by Gasteiger charge is 2.25. The van der Waals surface area contributed by atoms with Crippen LogP contribution in [0.4, 0.5) is 0 Å². The second kappa shape index (κ2) is 6.00. The molecule has 3 rings (SSSR count). The van der Waals surface area contributed by atoms with E-state index in [1.54, 1.807) is 0 Å². The molecular weight excluding hydrogens is 256 g/mol. The van der Waals surface area contributed by atoms with Gasteiger partial charge in [0.25, 0.3) is 0 Å². The van der Waals surface area contributed by atoms with Gasteiger partial charge < -0.3 is 5.73 Å². The average molecular weight is 280 g/mol. The highest BCUT2D eigenvalue weighted by Crippen LogP contribution is 2.31. The maximum Gasteiger partial charge on any atom is 0.0477 e. The summed E-state index contributed by atoms with van der Waals surface area (Å²) in [6, 6.07) is 18.0. The molecular formula is C19H24N2. The summed E-state index contributed by atoms with van der Waals surface area (Å²) >= 11 is 0. The molecule has 2 N–H and O–H groups in total. The Kier molecular flexibility index (Phi) is 4.09. The molecule has 0 bridgehead atoms. The Morgan fingerprint density at radius 1 is 0.905 bits per heavy atom. The van der Waals surface area contributed by atoms with Crippen LogP contribution in [0.2, 0.25) is 0 Å². The molecule has 0 aliphatic carbocycles. The summed E-state index contributed by atoms with van der Waals surface area (Å²) in [6.45, 7) is 7.13. The maximum atomic E-state index is 6.08. The fourth-order valence-electron chi connectivity index (χ4n) is 3.18.